The predicted octanol–water partition coefficient (Wildman–Crippen LogP) is 2.57. The highest BCUT2D eigenvalue weighted by Crippen LogP contribution is 2.24. The molecule has 0 saturated carbocycles. The molecule has 138 valence electrons. The first-order valence-corrected chi connectivity index (χ1v) is 9.07. The van der Waals surface area contributed by atoms with Crippen LogP contribution < -0.4 is 10.2 Å². The van der Waals surface area contributed by atoms with Crippen molar-refractivity contribution < 1.29 is 4.79 Å². The summed E-state index contributed by atoms with van der Waals surface area (Å²) in [5.41, 5.74) is 1.60. The normalized spacial score (nSPS) is 14.9. The third-order valence-corrected chi connectivity index (χ3v) is 4.87. The van der Waals surface area contributed by atoms with Crippen LogP contribution in [0.5, 0.6) is 0 Å². The number of amides is 1. The maximum Gasteiger partial charge on any atom is 0.227 e. The van der Waals surface area contributed by atoms with E-state index in [1.165, 1.54) is 6.33 Å². The van der Waals surface area contributed by atoms with Gasteiger partial charge < -0.3 is 10.2 Å². The van der Waals surface area contributed by atoms with E-state index in [1.807, 2.05) is 36.4 Å². The van der Waals surface area contributed by atoms with E-state index in [0.29, 0.717) is 5.02 Å². The average Bonchev–Trinajstić information content (AvgIpc) is 3.24. The quantitative estimate of drug-likeness (QED) is 0.744. The lowest BCUT2D eigenvalue weighted by Crippen LogP contribution is -2.38. The summed E-state index contributed by atoms with van der Waals surface area (Å²) in [6, 6.07) is 11.2. The lowest BCUT2D eigenvalue weighted by atomic mass is 9.96. The molecule has 1 aromatic carbocycles. The minimum absolute atomic E-state index is 0.00672. The molecule has 3 heterocycles. The Morgan fingerprint density at radius 1 is 1.11 bits per heavy atom. The van der Waals surface area contributed by atoms with Crippen LogP contribution in [0.1, 0.15) is 12.8 Å². The van der Waals surface area contributed by atoms with Gasteiger partial charge in [-0.2, -0.15) is 0 Å². The van der Waals surface area contributed by atoms with Crippen LogP contribution in [0.3, 0.4) is 0 Å². The third-order valence-electron chi connectivity index (χ3n) is 4.65. The molecule has 4 rings (SSSR count). The molecule has 0 spiro atoms. The molecule has 9 heteroatoms. The van der Waals surface area contributed by atoms with Crippen LogP contribution in [0.2, 0.25) is 5.02 Å². The highest BCUT2D eigenvalue weighted by molar-refractivity contribution is 6.30. The van der Waals surface area contributed by atoms with E-state index in [9.17, 15) is 4.79 Å². The second-order valence-corrected chi connectivity index (χ2v) is 6.82. The van der Waals surface area contributed by atoms with Gasteiger partial charge in [-0.25, -0.2) is 9.67 Å². The van der Waals surface area contributed by atoms with Crippen LogP contribution in [0.4, 0.5) is 11.5 Å². The van der Waals surface area contributed by atoms with E-state index in [2.05, 4.69) is 30.7 Å². The molecular formula is C18H18ClN7O. The number of hydrogen-bond donors (Lipinski definition) is 1. The number of halogens is 1. The molecule has 1 fully saturated rings. The minimum Gasteiger partial charge on any atom is -0.357 e. The van der Waals surface area contributed by atoms with E-state index < -0.39 is 0 Å². The number of piperidine rings is 1. The number of nitrogens with zero attached hydrogens (tertiary/aromatic N) is 6. The van der Waals surface area contributed by atoms with Gasteiger partial charge in [0, 0.05) is 30.9 Å². The van der Waals surface area contributed by atoms with Gasteiger partial charge in [-0.15, -0.1) is 5.10 Å². The van der Waals surface area contributed by atoms with Crippen molar-refractivity contribution in [3.05, 3.63) is 53.9 Å². The van der Waals surface area contributed by atoms with Gasteiger partial charge >= 0.3 is 0 Å². The van der Waals surface area contributed by atoms with Crippen molar-refractivity contribution in [1.29, 1.82) is 0 Å². The van der Waals surface area contributed by atoms with Crippen molar-refractivity contribution in [2.24, 2.45) is 5.92 Å². The highest BCUT2D eigenvalue weighted by atomic mass is 35.5. The SMILES string of the molecule is O=C(Nc1ccc(-n2cnnn2)cc1)C1CCN(c2ccc(Cl)cn2)CC1. The Morgan fingerprint density at radius 2 is 1.89 bits per heavy atom. The molecule has 0 radical (unpaired) electrons. The molecule has 1 N–H and O–H groups in total. The van der Waals surface area contributed by atoms with Crippen molar-refractivity contribution in [1.82, 2.24) is 25.2 Å². The topological polar surface area (TPSA) is 88.8 Å². The lowest BCUT2D eigenvalue weighted by molar-refractivity contribution is -0.120. The van der Waals surface area contributed by atoms with Crippen LogP contribution in [0.25, 0.3) is 5.69 Å². The fourth-order valence-electron chi connectivity index (χ4n) is 3.15. The van der Waals surface area contributed by atoms with Crippen LogP contribution in [0, 0.1) is 5.92 Å². The Morgan fingerprint density at radius 3 is 2.52 bits per heavy atom. The number of rotatable bonds is 4. The molecule has 1 aliphatic heterocycles. The number of carbonyl (C=O) groups excluding carboxylic acids is 1. The number of carbonyl (C=O) groups is 1. The number of hydrogen-bond acceptors (Lipinski definition) is 6. The summed E-state index contributed by atoms with van der Waals surface area (Å²) in [5, 5.41) is 14.7. The zero-order valence-corrected chi connectivity index (χ0v) is 15.3. The molecule has 0 atom stereocenters. The summed E-state index contributed by atoms with van der Waals surface area (Å²) in [4.78, 5) is 19.1. The van der Waals surface area contributed by atoms with E-state index in [0.717, 1.165) is 43.1 Å². The maximum atomic E-state index is 12.6. The van der Waals surface area contributed by atoms with Gasteiger partial charge in [-0.3, -0.25) is 4.79 Å². The highest BCUT2D eigenvalue weighted by Gasteiger charge is 2.25. The monoisotopic (exact) mass is 383 g/mol. The summed E-state index contributed by atoms with van der Waals surface area (Å²) < 4.78 is 1.56. The Bertz CT molecular complexity index is 888. The number of anilines is 2. The van der Waals surface area contributed by atoms with Gasteiger partial charge in [0.1, 0.15) is 12.1 Å². The predicted molar refractivity (Wildman–Crippen MR) is 102 cm³/mol. The first-order chi connectivity index (χ1) is 13.2. The van der Waals surface area contributed by atoms with Gasteiger partial charge in [0.05, 0.1) is 10.7 Å². The van der Waals surface area contributed by atoms with Crippen LogP contribution in [-0.4, -0.2) is 44.2 Å². The van der Waals surface area contributed by atoms with Crippen molar-refractivity contribution in [2.45, 2.75) is 12.8 Å². The Balaban J connectivity index is 1.32. The summed E-state index contributed by atoms with van der Waals surface area (Å²) in [6.45, 7) is 1.59. The first-order valence-electron chi connectivity index (χ1n) is 8.70. The third kappa shape index (κ3) is 4.06. The fraction of sp³-hybridized carbons (Fsp3) is 0.278. The average molecular weight is 384 g/mol. The van der Waals surface area contributed by atoms with Gasteiger partial charge in [0.25, 0.3) is 0 Å². The van der Waals surface area contributed by atoms with Gasteiger partial charge in [0.2, 0.25) is 5.91 Å². The molecule has 0 aliphatic carbocycles. The van der Waals surface area contributed by atoms with E-state index >= 15 is 0 Å². The maximum absolute atomic E-state index is 12.6. The minimum atomic E-state index is -0.00672. The number of tetrazole rings is 1. The lowest BCUT2D eigenvalue weighted by Gasteiger charge is -2.32. The molecule has 27 heavy (non-hydrogen) atoms. The van der Waals surface area contributed by atoms with Crippen molar-refractivity contribution >= 4 is 29.0 Å². The number of pyridine rings is 1. The summed E-state index contributed by atoms with van der Waals surface area (Å²) >= 11 is 5.89. The van der Waals surface area contributed by atoms with Crippen molar-refractivity contribution in [3.63, 3.8) is 0 Å². The molecule has 3 aromatic rings. The van der Waals surface area contributed by atoms with E-state index in [-0.39, 0.29) is 11.8 Å². The second kappa shape index (κ2) is 7.71. The zero-order chi connectivity index (χ0) is 18.6. The molecule has 1 amide bonds. The summed E-state index contributed by atoms with van der Waals surface area (Å²) in [6.07, 6.45) is 4.75. The zero-order valence-electron chi connectivity index (χ0n) is 14.5. The number of nitrogens with one attached hydrogen (secondary N) is 1. The Labute approximate surface area is 161 Å². The fourth-order valence-corrected chi connectivity index (χ4v) is 3.26. The molecule has 2 aromatic heterocycles. The smallest absolute Gasteiger partial charge is 0.227 e. The molecule has 0 bridgehead atoms. The standard InChI is InChI=1S/C18H18ClN7O/c19-14-1-6-17(20-11-14)25-9-7-13(8-10-25)18(27)22-15-2-4-16(5-3-15)26-12-21-23-24-26/h1-6,11-13H,7-10H2,(H,22,27). The van der Waals surface area contributed by atoms with Crippen molar-refractivity contribution in [2.75, 3.05) is 23.3 Å². The summed E-state index contributed by atoms with van der Waals surface area (Å²) in [5.74, 6) is 0.943. The second-order valence-electron chi connectivity index (χ2n) is 6.39. The Kier molecular flexibility index (Phi) is 4.97. The van der Waals surface area contributed by atoms with Gasteiger partial charge in [-0.05, 0) is 59.7 Å². The van der Waals surface area contributed by atoms with Gasteiger partial charge in [0.15, 0.2) is 0 Å². The van der Waals surface area contributed by atoms with E-state index in [4.69, 9.17) is 11.6 Å². The summed E-state index contributed by atoms with van der Waals surface area (Å²) in [7, 11) is 0. The van der Waals surface area contributed by atoms with E-state index in [1.54, 1.807) is 10.9 Å². The Hall–Kier alpha value is -3.00. The van der Waals surface area contributed by atoms with Crippen LogP contribution in [-0.2, 0) is 4.79 Å². The molecule has 8 nitrogen and oxygen atoms in total. The number of benzene rings is 1. The molecule has 1 aliphatic rings. The van der Waals surface area contributed by atoms with Crippen LogP contribution >= 0.6 is 11.6 Å². The largest absolute Gasteiger partial charge is 0.357 e. The molecule has 0 unspecified atom stereocenters. The van der Waals surface area contributed by atoms with Crippen molar-refractivity contribution in [3.8, 4) is 5.69 Å². The molecule has 1 saturated heterocycles. The molecular weight excluding hydrogens is 366 g/mol. The number of aromatic nitrogens is 5. The van der Waals surface area contributed by atoms with Crippen LogP contribution in [0.15, 0.2) is 48.9 Å². The first kappa shape index (κ1) is 17.4. The van der Waals surface area contributed by atoms with Gasteiger partial charge in [-0.1, -0.05) is 11.6 Å².